The number of methoxy groups -OCH3 is 1. The van der Waals surface area contributed by atoms with E-state index >= 15 is 0 Å². The van der Waals surface area contributed by atoms with E-state index in [4.69, 9.17) is 10.1 Å². The van der Waals surface area contributed by atoms with Crippen LogP contribution >= 0.6 is 0 Å². The highest BCUT2D eigenvalue weighted by molar-refractivity contribution is 5.79. The first-order valence-corrected chi connectivity index (χ1v) is 4.93. The highest BCUT2D eigenvalue weighted by Gasteiger charge is 2.16. The maximum atomic E-state index is 8.97. The maximum absolute atomic E-state index is 8.97. The Labute approximate surface area is 93.9 Å². The molecule has 16 heavy (non-hydrogen) atoms. The molecule has 0 aliphatic carbocycles. The van der Waals surface area contributed by atoms with E-state index in [1.165, 1.54) is 0 Å². The molecule has 0 bridgehead atoms. The SMILES string of the molecule is COc1ccc(-c2ccccc2)c([N+]#N)c1. The van der Waals surface area contributed by atoms with Gasteiger partial charge in [-0.05, 0) is 17.7 Å². The molecule has 0 heterocycles. The van der Waals surface area contributed by atoms with E-state index in [0.717, 1.165) is 11.1 Å². The fourth-order valence-electron chi connectivity index (χ4n) is 1.58. The molecule has 0 fully saturated rings. The first-order valence-electron chi connectivity index (χ1n) is 4.93. The molecule has 0 unspecified atom stereocenters. The Morgan fingerprint density at radius 2 is 1.81 bits per heavy atom. The van der Waals surface area contributed by atoms with Crippen molar-refractivity contribution in [2.75, 3.05) is 7.11 Å². The molecule has 78 valence electrons. The lowest BCUT2D eigenvalue weighted by Gasteiger charge is -2.00. The van der Waals surface area contributed by atoms with Gasteiger partial charge in [0, 0.05) is 0 Å². The summed E-state index contributed by atoms with van der Waals surface area (Å²) in [5.74, 6) is 0.674. The summed E-state index contributed by atoms with van der Waals surface area (Å²) in [5.41, 5.74) is 2.40. The minimum Gasteiger partial charge on any atom is -0.496 e. The molecule has 2 rings (SSSR count). The predicted octanol–water partition coefficient (Wildman–Crippen LogP) is 3.85. The van der Waals surface area contributed by atoms with Gasteiger partial charge in [-0.15, -0.1) is 0 Å². The largest absolute Gasteiger partial charge is 0.496 e. The zero-order chi connectivity index (χ0) is 11.4. The number of hydrogen-bond donors (Lipinski definition) is 0. The van der Waals surface area contributed by atoms with Crippen molar-refractivity contribution >= 4 is 5.69 Å². The van der Waals surface area contributed by atoms with Gasteiger partial charge in [-0.3, -0.25) is 0 Å². The Balaban J connectivity index is 2.54. The second-order valence-corrected chi connectivity index (χ2v) is 3.35. The number of benzene rings is 2. The third kappa shape index (κ3) is 1.86. The lowest BCUT2D eigenvalue weighted by atomic mass is 10.0. The first-order chi connectivity index (χ1) is 7.85. The van der Waals surface area contributed by atoms with Crippen molar-refractivity contribution in [1.82, 2.24) is 0 Å². The molecule has 0 N–H and O–H groups in total. The van der Waals surface area contributed by atoms with Crippen LogP contribution < -0.4 is 4.74 Å². The van der Waals surface area contributed by atoms with Gasteiger partial charge in [0.05, 0.1) is 18.7 Å². The molecule has 0 atom stereocenters. The van der Waals surface area contributed by atoms with Crippen LogP contribution in [-0.4, -0.2) is 7.11 Å². The van der Waals surface area contributed by atoms with Crippen molar-refractivity contribution in [3.8, 4) is 16.9 Å². The quantitative estimate of drug-likeness (QED) is 0.707. The Kier molecular flexibility index (Phi) is 2.84. The summed E-state index contributed by atoms with van der Waals surface area (Å²) in [4.78, 5) is 3.28. The van der Waals surface area contributed by atoms with Crippen LogP contribution in [0.2, 0.25) is 0 Å². The fourth-order valence-corrected chi connectivity index (χ4v) is 1.58. The number of hydrogen-bond acceptors (Lipinski definition) is 2. The van der Waals surface area contributed by atoms with E-state index in [9.17, 15) is 0 Å². The topological polar surface area (TPSA) is 37.4 Å². The van der Waals surface area contributed by atoms with Crippen molar-refractivity contribution in [2.45, 2.75) is 0 Å². The van der Waals surface area contributed by atoms with E-state index in [1.54, 1.807) is 13.2 Å². The summed E-state index contributed by atoms with van der Waals surface area (Å²) >= 11 is 0. The van der Waals surface area contributed by atoms with Gasteiger partial charge in [-0.1, -0.05) is 30.3 Å². The average Bonchev–Trinajstić information content (AvgIpc) is 2.39. The molecule has 0 aliphatic rings. The summed E-state index contributed by atoms with van der Waals surface area (Å²) in [6, 6.07) is 15.2. The van der Waals surface area contributed by atoms with Crippen LogP contribution in [-0.2, 0) is 0 Å². The van der Waals surface area contributed by atoms with Gasteiger partial charge in [0.2, 0.25) is 5.39 Å². The summed E-state index contributed by atoms with van der Waals surface area (Å²) in [6.45, 7) is 0. The van der Waals surface area contributed by atoms with E-state index in [1.807, 2.05) is 42.5 Å². The third-order valence-electron chi connectivity index (χ3n) is 2.40. The van der Waals surface area contributed by atoms with Crippen LogP contribution in [0.25, 0.3) is 16.1 Å². The monoisotopic (exact) mass is 211 g/mol. The lowest BCUT2D eigenvalue weighted by molar-refractivity contribution is 0.415. The molecule has 0 spiro atoms. The molecular weight excluding hydrogens is 200 g/mol. The van der Waals surface area contributed by atoms with Crippen molar-refractivity contribution in [3.63, 3.8) is 0 Å². The smallest absolute Gasteiger partial charge is 0.396 e. The third-order valence-corrected chi connectivity index (χ3v) is 2.40. The molecular formula is C13H11N2O+. The minimum absolute atomic E-state index is 0.505. The number of nitrogens with zero attached hydrogens (tertiary/aromatic N) is 2. The molecule has 2 aromatic rings. The minimum atomic E-state index is 0.505. The maximum Gasteiger partial charge on any atom is 0.396 e. The number of rotatable bonds is 2. The first kappa shape index (κ1) is 10.2. The second kappa shape index (κ2) is 4.45. The molecule has 2 aromatic carbocycles. The van der Waals surface area contributed by atoms with Gasteiger partial charge in [-0.25, -0.2) is 0 Å². The summed E-state index contributed by atoms with van der Waals surface area (Å²) < 4.78 is 5.08. The van der Waals surface area contributed by atoms with E-state index in [0.29, 0.717) is 11.4 Å². The summed E-state index contributed by atoms with van der Waals surface area (Å²) in [6.07, 6.45) is 0. The van der Waals surface area contributed by atoms with Gasteiger partial charge in [0.1, 0.15) is 5.75 Å². The Morgan fingerprint density at radius 3 is 2.44 bits per heavy atom. The number of ether oxygens (including phenoxy) is 1. The van der Waals surface area contributed by atoms with Crippen LogP contribution in [0.15, 0.2) is 48.5 Å². The molecule has 3 heteroatoms. The number of diazo groups is 1. The predicted molar refractivity (Wildman–Crippen MR) is 63.2 cm³/mol. The van der Waals surface area contributed by atoms with E-state index < -0.39 is 0 Å². The lowest BCUT2D eigenvalue weighted by Crippen LogP contribution is -1.83. The highest BCUT2D eigenvalue weighted by atomic mass is 16.5. The fraction of sp³-hybridized carbons (Fsp3) is 0.0769. The standard InChI is InChI=1S/C13H11N2O/c1-16-11-7-8-12(13(9-11)15-14)10-5-3-2-4-6-10/h2-9H,1H3/q+1. The van der Waals surface area contributed by atoms with E-state index in [-0.39, 0.29) is 0 Å². The van der Waals surface area contributed by atoms with Crippen molar-refractivity contribution in [1.29, 1.82) is 5.39 Å². The van der Waals surface area contributed by atoms with Crippen molar-refractivity contribution < 1.29 is 4.74 Å². The molecule has 0 radical (unpaired) electrons. The van der Waals surface area contributed by atoms with Gasteiger partial charge >= 0.3 is 5.69 Å². The molecule has 0 aromatic heterocycles. The summed E-state index contributed by atoms with van der Waals surface area (Å²) in [5, 5.41) is 8.97. The van der Waals surface area contributed by atoms with Crippen LogP contribution in [0.3, 0.4) is 0 Å². The Morgan fingerprint density at radius 1 is 1.06 bits per heavy atom. The van der Waals surface area contributed by atoms with E-state index in [2.05, 4.69) is 4.98 Å². The Hall–Kier alpha value is -2.34. The zero-order valence-corrected chi connectivity index (χ0v) is 8.92. The van der Waals surface area contributed by atoms with Gasteiger partial charge < -0.3 is 4.74 Å². The summed E-state index contributed by atoms with van der Waals surface area (Å²) in [7, 11) is 1.58. The molecule has 0 saturated heterocycles. The van der Waals surface area contributed by atoms with Gasteiger partial charge in [0.25, 0.3) is 0 Å². The van der Waals surface area contributed by atoms with Crippen LogP contribution in [0, 0.1) is 5.39 Å². The van der Waals surface area contributed by atoms with Gasteiger partial charge in [-0.2, -0.15) is 0 Å². The Bertz CT molecular complexity index is 529. The molecule has 0 aliphatic heterocycles. The van der Waals surface area contributed by atoms with Crippen LogP contribution in [0.1, 0.15) is 0 Å². The molecule has 0 amide bonds. The van der Waals surface area contributed by atoms with Crippen molar-refractivity contribution in [2.24, 2.45) is 0 Å². The highest BCUT2D eigenvalue weighted by Crippen LogP contribution is 2.33. The van der Waals surface area contributed by atoms with Gasteiger partial charge in [0.15, 0.2) is 4.98 Å². The molecule has 3 nitrogen and oxygen atoms in total. The normalized spacial score (nSPS) is 9.50. The average molecular weight is 211 g/mol. The molecule has 0 saturated carbocycles. The second-order valence-electron chi connectivity index (χ2n) is 3.35. The van der Waals surface area contributed by atoms with Crippen LogP contribution in [0.4, 0.5) is 5.69 Å². The zero-order valence-electron chi connectivity index (χ0n) is 8.92. The van der Waals surface area contributed by atoms with Crippen molar-refractivity contribution in [3.05, 3.63) is 53.5 Å². The van der Waals surface area contributed by atoms with Crippen LogP contribution in [0.5, 0.6) is 5.75 Å².